The molecule has 1 aromatic rings. The first-order valence-electron chi connectivity index (χ1n) is 5.61. The Morgan fingerprint density at radius 3 is 3.19 bits per heavy atom. The summed E-state index contributed by atoms with van der Waals surface area (Å²) in [5, 5.41) is 3.49. The van der Waals surface area contributed by atoms with Crippen LogP contribution in [0, 0.1) is 0 Å². The molecule has 1 aromatic carbocycles. The number of fused-ring (bicyclic) bond motifs is 3. The molecule has 0 saturated carbocycles. The van der Waals surface area contributed by atoms with Crippen molar-refractivity contribution in [3.8, 4) is 0 Å². The minimum absolute atomic E-state index is 0.376. The number of halogens is 1. The van der Waals surface area contributed by atoms with Crippen LogP contribution in [0.4, 0.5) is 11.4 Å². The highest BCUT2D eigenvalue weighted by Gasteiger charge is 2.35. The van der Waals surface area contributed by atoms with Crippen LogP contribution in [0.15, 0.2) is 22.7 Å². The van der Waals surface area contributed by atoms with E-state index in [-0.39, 0.29) is 0 Å². The zero-order chi connectivity index (χ0) is 11.1. The third kappa shape index (κ3) is 1.60. The number of methoxy groups -OCH3 is 1. The van der Waals surface area contributed by atoms with E-state index < -0.39 is 0 Å². The molecule has 4 heteroatoms. The molecule has 1 saturated heterocycles. The highest BCUT2D eigenvalue weighted by Crippen LogP contribution is 2.37. The summed E-state index contributed by atoms with van der Waals surface area (Å²) in [5.74, 6) is 0. The standard InChI is InChI=1S/C12H15BrN2O/c1-16-10-5-9-6-14-11-4-8(13)2-3-12(11)15(9)7-10/h2-4,9-10,14H,5-7H2,1H3. The Hall–Kier alpha value is -0.740. The fraction of sp³-hybridized carbons (Fsp3) is 0.500. The van der Waals surface area contributed by atoms with Crippen LogP contribution in [0.3, 0.4) is 0 Å². The molecule has 3 nitrogen and oxygen atoms in total. The number of nitrogens with zero attached hydrogens (tertiary/aromatic N) is 1. The van der Waals surface area contributed by atoms with Gasteiger partial charge in [-0.25, -0.2) is 0 Å². The normalized spacial score (nSPS) is 27.2. The van der Waals surface area contributed by atoms with E-state index in [4.69, 9.17) is 4.74 Å². The molecular formula is C12H15BrN2O. The molecule has 3 rings (SSSR count). The number of hydrogen-bond acceptors (Lipinski definition) is 3. The van der Waals surface area contributed by atoms with Crippen molar-refractivity contribution in [1.82, 2.24) is 0 Å². The number of benzene rings is 1. The van der Waals surface area contributed by atoms with E-state index in [0.717, 1.165) is 24.0 Å². The van der Waals surface area contributed by atoms with Gasteiger partial charge in [-0.05, 0) is 24.6 Å². The van der Waals surface area contributed by atoms with Crippen molar-refractivity contribution in [1.29, 1.82) is 0 Å². The molecule has 2 aliphatic heterocycles. The molecule has 0 amide bonds. The van der Waals surface area contributed by atoms with E-state index in [1.165, 1.54) is 11.4 Å². The van der Waals surface area contributed by atoms with Crippen LogP contribution in [0.2, 0.25) is 0 Å². The van der Waals surface area contributed by atoms with Gasteiger partial charge in [-0.15, -0.1) is 0 Å². The Morgan fingerprint density at radius 2 is 2.38 bits per heavy atom. The Bertz CT molecular complexity index is 410. The highest BCUT2D eigenvalue weighted by molar-refractivity contribution is 9.10. The number of anilines is 2. The summed E-state index contributed by atoms with van der Waals surface area (Å²) in [7, 11) is 1.80. The largest absolute Gasteiger partial charge is 0.381 e. The lowest BCUT2D eigenvalue weighted by molar-refractivity contribution is 0.118. The van der Waals surface area contributed by atoms with Crippen LogP contribution < -0.4 is 10.2 Å². The summed E-state index contributed by atoms with van der Waals surface area (Å²) >= 11 is 3.51. The summed E-state index contributed by atoms with van der Waals surface area (Å²) in [6, 6.07) is 7.00. The first-order chi connectivity index (χ1) is 7.78. The van der Waals surface area contributed by atoms with Crippen LogP contribution in [0.25, 0.3) is 0 Å². The van der Waals surface area contributed by atoms with Gasteiger partial charge in [-0.1, -0.05) is 15.9 Å². The SMILES string of the molecule is COC1CC2CNc3cc(Br)ccc3N2C1. The molecule has 1 fully saturated rings. The summed E-state index contributed by atoms with van der Waals surface area (Å²) in [5.41, 5.74) is 2.53. The van der Waals surface area contributed by atoms with Crippen LogP contribution in [-0.2, 0) is 4.74 Å². The number of ether oxygens (including phenoxy) is 1. The molecule has 2 unspecified atom stereocenters. The zero-order valence-corrected chi connectivity index (χ0v) is 10.8. The van der Waals surface area contributed by atoms with Crippen LogP contribution >= 0.6 is 15.9 Å². The van der Waals surface area contributed by atoms with Gasteiger partial charge in [0.15, 0.2) is 0 Å². The summed E-state index contributed by atoms with van der Waals surface area (Å²) in [6.45, 7) is 2.03. The fourth-order valence-corrected chi connectivity index (χ4v) is 3.02. The first kappa shape index (κ1) is 10.4. The molecule has 1 N–H and O–H groups in total. The highest BCUT2D eigenvalue weighted by atomic mass is 79.9. The molecule has 0 aliphatic carbocycles. The molecule has 0 aromatic heterocycles. The minimum Gasteiger partial charge on any atom is -0.381 e. The van der Waals surface area contributed by atoms with Crippen molar-refractivity contribution in [2.24, 2.45) is 0 Å². The Balaban J connectivity index is 1.94. The van der Waals surface area contributed by atoms with Crippen LogP contribution in [-0.4, -0.2) is 32.3 Å². The second kappa shape index (κ2) is 3.93. The maximum atomic E-state index is 5.46. The quantitative estimate of drug-likeness (QED) is 0.857. The van der Waals surface area contributed by atoms with Gasteiger partial charge >= 0.3 is 0 Å². The van der Waals surface area contributed by atoms with Crippen molar-refractivity contribution in [3.05, 3.63) is 22.7 Å². The van der Waals surface area contributed by atoms with Gasteiger partial charge in [0.2, 0.25) is 0 Å². The van der Waals surface area contributed by atoms with Gasteiger partial charge in [0.25, 0.3) is 0 Å². The molecule has 2 atom stereocenters. The lowest BCUT2D eigenvalue weighted by Gasteiger charge is -2.34. The van der Waals surface area contributed by atoms with Gasteiger partial charge < -0.3 is 15.0 Å². The second-order valence-corrected chi connectivity index (χ2v) is 5.36. The summed E-state index contributed by atoms with van der Waals surface area (Å²) in [6.07, 6.45) is 1.50. The van der Waals surface area contributed by atoms with E-state index in [2.05, 4.69) is 44.3 Å². The molecule has 2 heterocycles. The third-order valence-corrected chi connectivity index (χ3v) is 4.00. The van der Waals surface area contributed by atoms with Gasteiger partial charge in [0.05, 0.1) is 17.5 Å². The van der Waals surface area contributed by atoms with E-state index >= 15 is 0 Å². The molecule has 0 bridgehead atoms. The number of rotatable bonds is 1. The fourth-order valence-electron chi connectivity index (χ4n) is 2.66. The average Bonchev–Trinajstić information content (AvgIpc) is 2.71. The number of hydrogen-bond donors (Lipinski definition) is 1. The summed E-state index contributed by atoms with van der Waals surface area (Å²) < 4.78 is 6.59. The molecule has 0 spiro atoms. The summed E-state index contributed by atoms with van der Waals surface area (Å²) in [4.78, 5) is 2.46. The average molecular weight is 283 g/mol. The first-order valence-corrected chi connectivity index (χ1v) is 6.40. The smallest absolute Gasteiger partial charge is 0.0766 e. The van der Waals surface area contributed by atoms with Crippen LogP contribution in [0.1, 0.15) is 6.42 Å². The number of nitrogens with one attached hydrogen (secondary N) is 1. The van der Waals surface area contributed by atoms with E-state index in [1.54, 1.807) is 7.11 Å². The van der Waals surface area contributed by atoms with E-state index in [1.807, 2.05) is 0 Å². The van der Waals surface area contributed by atoms with Gasteiger partial charge in [0.1, 0.15) is 0 Å². The van der Waals surface area contributed by atoms with E-state index in [0.29, 0.717) is 12.1 Å². The van der Waals surface area contributed by atoms with Gasteiger partial charge in [0, 0.05) is 30.7 Å². The molecule has 2 aliphatic rings. The molecule has 0 radical (unpaired) electrons. The van der Waals surface area contributed by atoms with Gasteiger partial charge in [-0.3, -0.25) is 0 Å². The van der Waals surface area contributed by atoms with Crippen molar-refractivity contribution >= 4 is 27.3 Å². The molecular weight excluding hydrogens is 268 g/mol. The lowest BCUT2D eigenvalue weighted by atomic mass is 10.1. The van der Waals surface area contributed by atoms with Crippen molar-refractivity contribution in [3.63, 3.8) is 0 Å². The van der Waals surface area contributed by atoms with Crippen LogP contribution in [0.5, 0.6) is 0 Å². The maximum Gasteiger partial charge on any atom is 0.0766 e. The Kier molecular flexibility index (Phi) is 2.56. The van der Waals surface area contributed by atoms with Crippen molar-refractivity contribution in [2.45, 2.75) is 18.6 Å². The predicted octanol–water partition coefficient (Wildman–Crippen LogP) is 2.47. The molecule has 86 valence electrons. The topological polar surface area (TPSA) is 24.5 Å². The predicted molar refractivity (Wildman–Crippen MR) is 69.2 cm³/mol. The lowest BCUT2D eigenvalue weighted by Crippen LogP contribution is -2.39. The third-order valence-electron chi connectivity index (χ3n) is 3.51. The Labute approximate surface area is 104 Å². The minimum atomic E-state index is 0.376. The van der Waals surface area contributed by atoms with E-state index in [9.17, 15) is 0 Å². The van der Waals surface area contributed by atoms with Crippen molar-refractivity contribution in [2.75, 3.05) is 30.4 Å². The second-order valence-electron chi connectivity index (χ2n) is 4.44. The Morgan fingerprint density at radius 1 is 1.50 bits per heavy atom. The van der Waals surface area contributed by atoms with Gasteiger partial charge in [-0.2, -0.15) is 0 Å². The monoisotopic (exact) mass is 282 g/mol. The zero-order valence-electron chi connectivity index (χ0n) is 9.24. The molecule has 16 heavy (non-hydrogen) atoms. The maximum absolute atomic E-state index is 5.46. The van der Waals surface area contributed by atoms with Crippen molar-refractivity contribution < 1.29 is 4.74 Å².